The highest BCUT2D eigenvalue weighted by Crippen LogP contribution is 2.53. The molecule has 0 N–H and O–H groups in total. The highest BCUT2D eigenvalue weighted by molar-refractivity contribution is 7.80. The normalized spacial score (nSPS) is 15.6. The number of fused-ring (bicyclic) bond motifs is 3. The molecular formula is C39H35NP2. The third-order valence-corrected chi connectivity index (χ3v) is 13.0. The van der Waals surface area contributed by atoms with Gasteiger partial charge < -0.3 is 4.67 Å². The Hall–Kier alpha value is -3.76. The van der Waals surface area contributed by atoms with Crippen LogP contribution in [0, 0.1) is 5.41 Å². The number of anilines is 1. The molecule has 1 aliphatic heterocycles. The van der Waals surface area contributed by atoms with Crippen LogP contribution >= 0.6 is 16.0 Å². The van der Waals surface area contributed by atoms with Gasteiger partial charge in [0.1, 0.15) is 0 Å². The second-order valence-corrected chi connectivity index (χ2v) is 16.0. The lowest BCUT2D eigenvalue weighted by Crippen LogP contribution is -2.38. The standard InChI is InChI=1S/C39H35NP2/c1-39(2)27-26-30-29-40(42(33-20-11-5-12-21-33)34-22-13-6-14-23-34)38-35(36(30)28-39)24-15-25-37(38)41(31-16-7-3-8-17-31)32-18-9-4-10-19-32/h3-26,28H,27,29H2,1-2H3. The molecule has 1 heterocycles. The fourth-order valence-corrected chi connectivity index (χ4v) is 11.2. The summed E-state index contributed by atoms with van der Waals surface area (Å²) in [5, 5.41) is 6.97. The Kier molecular flexibility index (Phi) is 7.41. The number of hydrogen-bond acceptors (Lipinski definition) is 1. The topological polar surface area (TPSA) is 3.24 Å². The molecule has 2 aliphatic rings. The Labute approximate surface area is 252 Å². The molecule has 0 atom stereocenters. The van der Waals surface area contributed by atoms with Gasteiger partial charge in [0.2, 0.25) is 0 Å². The van der Waals surface area contributed by atoms with Gasteiger partial charge in [-0.2, -0.15) is 0 Å². The molecule has 0 saturated heterocycles. The summed E-state index contributed by atoms with van der Waals surface area (Å²) in [6.45, 7) is 5.64. The molecule has 0 unspecified atom stereocenters. The summed E-state index contributed by atoms with van der Waals surface area (Å²) in [6.07, 6.45) is 6.13. The molecular weight excluding hydrogens is 544 g/mol. The SMILES string of the molecule is CC1(C)C=C2C(=CC1)CN(P(c1ccccc1)c1ccccc1)c1c2cccc1P(c1ccccc1)c1ccccc1. The summed E-state index contributed by atoms with van der Waals surface area (Å²) < 4.78 is 2.77. The number of rotatable bonds is 6. The van der Waals surface area contributed by atoms with Gasteiger partial charge >= 0.3 is 0 Å². The van der Waals surface area contributed by atoms with E-state index in [2.05, 4.69) is 170 Å². The molecule has 0 aromatic heterocycles. The molecule has 5 aromatic carbocycles. The Bertz CT molecular complexity index is 1660. The molecule has 1 aliphatic carbocycles. The number of allylic oxidation sites excluding steroid dienone is 2. The van der Waals surface area contributed by atoms with Crippen LogP contribution < -0.4 is 31.2 Å². The molecule has 1 nitrogen and oxygen atoms in total. The third kappa shape index (κ3) is 5.18. The molecule has 0 bridgehead atoms. The fourth-order valence-electron chi connectivity index (χ4n) is 6.20. The van der Waals surface area contributed by atoms with Crippen LogP contribution in [0.3, 0.4) is 0 Å². The van der Waals surface area contributed by atoms with E-state index in [1.807, 2.05) is 0 Å². The van der Waals surface area contributed by atoms with Gasteiger partial charge in [-0.1, -0.05) is 166 Å². The van der Waals surface area contributed by atoms with E-state index in [1.54, 1.807) is 0 Å². The monoisotopic (exact) mass is 579 g/mol. The van der Waals surface area contributed by atoms with Crippen molar-refractivity contribution in [3.63, 3.8) is 0 Å². The largest absolute Gasteiger partial charge is 0.337 e. The minimum Gasteiger partial charge on any atom is -0.337 e. The van der Waals surface area contributed by atoms with E-state index in [9.17, 15) is 0 Å². The van der Waals surface area contributed by atoms with Crippen LogP contribution in [0.15, 0.2) is 157 Å². The number of para-hydroxylation sites is 1. The summed E-state index contributed by atoms with van der Waals surface area (Å²) in [4.78, 5) is 0. The van der Waals surface area contributed by atoms with Crippen molar-refractivity contribution in [3.05, 3.63) is 163 Å². The lowest BCUT2D eigenvalue weighted by Gasteiger charge is -2.44. The lowest BCUT2D eigenvalue weighted by atomic mass is 9.77. The van der Waals surface area contributed by atoms with Crippen molar-refractivity contribution < 1.29 is 0 Å². The van der Waals surface area contributed by atoms with Gasteiger partial charge in [0.25, 0.3) is 0 Å². The average Bonchev–Trinajstić information content (AvgIpc) is 3.03. The molecule has 3 heteroatoms. The molecule has 0 fully saturated rings. The Balaban J connectivity index is 1.53. The van der Waals surface area contributed by atoms with E-state index in [1.165, 1.54) is 48.9 Å². The van der Waals surface area contributed by atoms with Gasteiger partial charge in [-0.3, -0.25) is 0 Å². The van der Waals surface area contributed by atoms with E-state index < -0.39 is 16.0 Å². The summed E-state index contributed by atoms with van der Waals surface area (Å²) in [7, 11) is -1.59. The highest BCUT2D eigenvalue weighted by Gasteiger charge is 2.37. The van der Waals surface area contributed by atoms with Crippen molar-refractivity contribution in [3.8, 4) is 0 Å². The minimum absolute atomic E-state index is 0.140. The van der Waals surface area contributed by atoms with E-state index in [0.717, 1.165) is 13.0 Å². The zero-order chi connectivity index (χ0) is 28.5. The van der Waals surface area contributed by atoms with Crippen molar-refractivity contribution in [1.82, 2.24) is 0 Å². The summed E-state index contributed by atoms with van der Waals surface area (Å²) in [5.41, 5.74) is 5.79. The van der Waals surface area contributed by atoms with E-state index in [0.29, 0.717) is 0 Å². The summed E-state index contributed by atoms with van der Waals surface area (Å²) >= 11 is 0. The van der Waals surface area contributed by atoms with E-state index in [4.69, 9.17) is 0 Å². The van der Waals surface area contributed by atoms with Crippen molar-refractivity contribution in [1.29, 1.82) is 0 Å². The van der Waals surface area contributed by atoms with E-state index in [-0.39, 0.29) is 5.41 Å². The number of hydrogen-bond donors (Lipinski definition) is 0. The maximum absolute atomic E-state index is 2.77. The molecule has 42 heavy (non-hydrogen) atoms. The average molecular weight is 580 g/mol. The predicted molar refractivity (Wildman–Crippen MR) is 186 cm³/mol. The fraction of sp³-hybridized carbons (Fsp3) is 0.128. The van der Waals surface area contributed by atoms with Crippen LogP contribution in [0.5, 0.6) is 0 Å². The third-order valence-electron chi connectivity index (χ3n) is 8.15. The first-order chi connectivity index (χ1) is 20.6. The van der Waals surface area contributed by atoms with Gasteiger partial charge in [0.05, 0.1) is 13.8 Å². The van der Waals surface area contributed by atoms with Gasteiger partial charge in [-0.05, 0) is 41.5 Å². The predicted octanol–water partition coefficient (Wildman–Crippen LogP) is 8.05. The van der Waals surface area contributed by atoms with Crippen LogP contribution in [0.4, 0.5) is 5.69 Å². The van der Waals surface area contributed by atoms with Gasteiger partial charge in [-0.25, -0.2) is 0 Å². The Morgan fingerprint density at radius 2 is 1.07 bits per heavy atom. The molecule has 5 aromatic rings. The zero-order valence-electron chi connectivity index (χ0n) is 24.2. The number of benzene rings is 5. The quantitative estimate of drug-likeness (QED) is 0.184. The van der Waals surface area contributed by atoms with Gasteiger partial charge in [-0.15, -0.1) is 0 Å². The summed E-state index contributed by atoms with van der Waals surface area (Å²) in [5.74, 6) is 0. The van der Waals surface area contributed by atoms with Crippen molar-refractivity contribution in [2.24, 2.45) is 5.41 Å². The molecule has 7 rings (SSSR count). The van der Waals surface area contributed by atoms with Crippen LogP contribution in [0.1, 0.15) is 25.8 Å². The molecule has 0 saturated carbocycles. The van der Waals surface area contributed by atoms with Crippen LogP contribution in [0.25, 0.3) is 5.57 Å². The van der Waals surface area contributed by atoms with Crippen molar-refractivity contribution in [2.75, 3.05) is 11.2 Å². The molecule has 206 valence electrons. The van der Waals surface area contributed by atoms with Crippen molar-refractivity contribution >= 4 is 53.8 Å². The second-order valence-electron chi connectivity index (χ2n) is 11.7. The number of nitrogens with zero attached hydrogens (tertiary/aromatic N) is 1. The first-order valence-corrected chi connectivity index (χ1v) is 17.4. The minimum atomic E-state index is -0.815. The van der Waals surface area contributed by atoms with Crippen LogP contribution in [-0.4, -0.2) is 6.54 Å². The van der Waals surface area contributed by atoms with Gasteiger partial charge in [0, 0.05) is 28.0 Å². The maximum atomic E-state index is 2.77. The Morgan fingerprint density at radius 3 is 1.60 bits per heavy atom. The molecule has 0 amide bonds. The maximum Gasteiger partial charge on any atom is 0.0571 e. The first kappa shape index (κ1) is 27.1. The molecule has 0 spiro atoms. The van der Waals surface area contributed by atoms with Crippen molar-refractivity contribution in [2.45, 2.75) is 20.3 Å². The zero-order valence-corrected chi connectivity index (χ0v) is 26.0. The van der Waals surface area contributed by atoms with Crippen LogP contribution in [0.2, 0.25) is 0 Å². The smallest absolute Gasteiger partial charge is 0.0571 e. The van der Waals surface area contributed by atoms with Gasteiger partial charge in [0.15, 0.2) is 0 Å². The van der Waals surface area contributed by atoms with E-state index >= 15 is 0 Å². The first-order valence-electron chi connectivity index (χ1n) is 14.7. The Morgan fingerprint density at radius 1 is 0.571 bits per heavy atom. The lowest BCUT2D eigenvalue weighted by molar-refractivity contribution is 0.483. The van der Waals surface area contributed by atoms with Crippen LogP contribution in [-0.2, 0) is 0 Å². The summed E-state index contributed by atoms with van der Waals surface area (Å²) in [6, 6.07) is 51.7. The highest BCUT2D eigenvalue weighted by atomic mass is 31.1. The molecule has 0 radical (unpaired) electrons. The second kappa shape index (κ2) is 11.5.